The molecule has 0 radical (unpaired) electrons. The number of halogens is 1. The van der Waals surface area contributed by atoms with Gasteiger partial charge in [-0.1, -0.05) is 17.7 Å². The maximum Gasteiger partial charge on any atom is 0.123 e. The Morgan fingerprint density at radius 1 is 1.41 bits per heavy atom. The molecule has 2 N–H and O–H groups in total. The first kappa shape index (κ1) is 15.5. The zero-order valence-electron chi connectivity index (χ0n) is 12.5. The molecule has 0 aliphatic rings. The Hall–Kier alpha value is -1.40. The minimum absolute atomic E-state index is 0.470. The van der Waals surface area contributed by atoms with Crippen LogP contribution < -0.4 is 5.32 Å². The van der Waals surface area contributed by atoms with Crippen molar-refractivity contribution < 1.29 is 5.11 Å². The van der Waals surface area contributed by atoms with Crippen molar-refractivity contribution in [2.75, 3.05) is 6.54 Å². The van der Waals surface area contributed by atoms with Crippen LogP contribution in [-0.2, 0) is 19.2 Å². The van der Waals surface area contributed by atoms with Gasteiger partial charge in [0, 0.05) is 23.5 Å². The third kappa shape index (κ3) is 3.03. The van der Waals surface area contributed by atoms with Crippen molar-refractivity contribution in [3.05, 3.63) is 51.4 Å². The molecule has 0 spiro atoms. The molecule has 1 unspecified atom stereocenters. The number of fused-ring (bicyclic) bond motifs is 1. The molecule has 0 saturated carbocycles. The average molecular weight is 336 g/mol. The van der Waals surface area contributed by atoms with Gasteiger partial charge < -0.3 is 15.0 Å². The van der Waals surface area contributed by atoms with Gasteiger partial charge in [-0.05, 0) is 36.6 Å². The lowest BCUT2D eigenvalue weighted by Gasteiger charge is -2.22. The number of nitrogens with zero attached hydrogens (tertiary/aromatic N) is 2. The third-order valence-corrected chi connectivity index (χ3v) is 5.10. The fraction of sp³-hybridized carbons (Fsp3) is 0.312. The number of aromatic nitrogens is 2. The fourth-order valence-corrected chi connectivity index (χ4v) is 3.42. The van der Waals surface area contributed by atoms with Crippen LogP contribution in [0.3, 0.4) is 0 Å². The lowest BCUT2D eigenvalue weighted by Crippen LogP contribution is -2.34. The van der Waals surface area contributed by atoms with Gasteiger partial charge in [0.2, 0.25) is 0 Å². The molecule has 0 amide bonds. The predicted octanol–water partition coefficient (Wildman–Crippen LogP) is 3.29. The van der Waals surface area contributed by atoms with E-state index in [0.717, 1.165) is 21.7 Å². The van der Waals surface area contributed by atoms with E-state index in [2.05, 4.69) is 10.3 Å². The van der Waals surface area contributed by atoms with E-state index in [0.29, 0.717) is 18.1 Å². The normalized spacial score (nSPS) is 14.4. The molecule has 4 nitrogen and oxygen atoms in total. The van der Waals surface area contributed by atoms with Crippen LogP contribution in [0.5, 0.6) is 0 Å². The maximum absolute atomic E-state index is 10.5. The van der Waals surface area contributed by atoms with E-state index < -0.39 is 5.60 Å². The summed E-state index contributed by atoms with van der Waals surface area (Å²) in [6.45, 7) is 2.88. The molecule has 0 fully saturated rings. The van der Waals surface area contributed by atoms with Crippen molar-refractivity contribution in [1.29, 1.82) is 0 Å². The Labute approximate surface area is 138 Å². The second-order valence-corrected chi connectivity index (χ2v) is 6.96. The van der Waals surface area contributed by atoms with Gasteiger partial charge in [-0.15, -0.1) is 11.3 Å². The highest BCUT2D eigenvalue weighted by atomic mass is 35.5. The zero-order valence-corrected chi connectivity index (χ0v) is 14.1. The second kappa shape index (κ2) is 6.01. The van der Waals surface area contributed by atoms with Gasteiger partial charge in [-0.25, -0.2) is 4.98 Å². The van der Waals surface area contributed by atoms with E-state index in [-0.39, 0.29) is 0 Å². The van der Waals surface area contributed by atoms with Gasteiger partial charge in [-0.3, -0.25) is 0 Å². The number of rotatable bonds is 5. The van der Waals surface area contributed by atoms with Crippen LogP contribution in [0.1, 0.15) is 17.6 Å². The van der Waals surface area contributed by atoms with Crippen molar-refractivity contribution in [2.45, 2.75) is 19.1 Å². The molecule has 22 heavy (non-hydrogen) atoms. The molecule has 116 valence electrons. The van der Waals surface area contributed by atoms with Crippen LogP contribution in [0.2, 0.25) is 5.02 Å². The first-order valence-electron chi connectivity index (χ1n) is 7.05. The molecular weight excluding hydrogens is 318 g/mol. The molecule has 0 bridgehead atoms. The monoisotopic (exact) mass is 335 g/mol. The van der Waals surface area contributed by atoms with Gasteiger partial charge >= 0.3 is 0 Å². The third-order valence-electron chi connectivity index (χ3n) is 3.74. The number of imidazole rings is 1. The standard InChI is InChI=1S/C16H18ClN3OS/c1-16(21,14-4-3-7-22-14)10-18-9-15-19-12-8-11(17)5-6-13(12)20(15)2/h3-8,18,21H,9-10H2,1-2H3. The van der Waals surface area contributed by atoms with E-state index in [9.17, 15) is 5.11 Å². The van der Waals surface area contributed by atoms with Gasteiger partial charge in [0.15, 0.2) is 0 Å². The molecule has 1 atom stereocenters. The number of aryl methyl sites for hydroxylation is 1. The number of thiophene rings is 1. The Kier molecular flexibility index (Phi) is 4.23. The van der Waals surface area contributed by atoms with Crippen LogP contribution in [-0.4, -0.2) is 21.2 Å². The highest BCUT2D eigenvalue weighted by Gasteiger charge is 2.23. The molecule has 1 aromatic carbocycles. The van der Waals surface area contributed by atoms with Gasteiger partial charge in [0.1, 0.15) is 11.4 Å². The Morgan fingerprint density at radius 3 is 2.95 bits per heavy atom. The summed E-state index contributed by atoms with van der Waals surface area (Å²) in [6.07, 6.45) is 0. The molecule has 0 aliphatic heterocycles. The fourth-order valence-electron chi connectivity index (χ4n) is 2.47. The van der Waals surface area contributed by atoms with Crippen molar-refractivity contribution in [2.24, 2.45) is 7.05 Å². The van der Waals surface area contributed by atoms with E-state index in [4.69, 9.17) is 11.6 Å². The molecule has 2 aromatic heterocycles. The summed E-state index contributed by atoms with van der Waals surface area (Å²) in [5.41, 5.74) is 1.06. The zero-order chi connectivity index (χ0) is 15.7. The summed E-state index contributed by atoms with van der Waals surface area (Å²) in [4.78, 5) is 5.55. The average Bonchev–Trinajstić information content (AvgIpc) is 3.08. The van der Waals surface area contributed by atoms with Crippen molar-refractivity contribution >= 4 is 34.0 Å². The quantitative estimate of drug-likeness (QED) is 0.752. The van der Waals surface area contributed by atoms with E-state index in [1.807, 2.05) is 54.3 Å². The largest absolute Gasteiger partial charge is 0.383 e. The topological polar surface area (TPSA) is 50.1 Å². The Morgan fingerprint density at radius 2 is 2.23 bits per heavy atom. The summed E-state index contributed by atoms with van der Waals surface area (Å²) in [5.74, 6) is 0.916. The summed E-state index contributed by atoms with van der Waals surface area (Å²) < 4.78 is 2.04. The van der Waals surface area contributed by atoms with Crippen LogP contribution in [0.4, 0.5) is 0 Å². The lowest BCUT2D eigenvalue weighted by molar-refractivity contribution is 0.0602. The summed E-state index contributed by atoms with van der Waals surface area (Å²) >= 11 is 7.56. The van der Waals surface area contributed by atoms with Crippen LogP contribution >= 0.6 is 22.9 Å². The highest BCUT2D eigenvalue weighted by molar-refractivity contribution is 7.10. The number of nitrogens with one attached hydrogen (secondary N) is 1. The first-order chi connectivity index (χ1) is 10.5. The van der Waals surface area contributed by atoms with Crippen molar-refractivity contribution in [3.8, 4) is 0 Å². The Bertz CT molecular complexity index is 780. The predicted molar refractivity (Wildman–Crippen MR) is 91.3 cm³/mol. The van der Waals surface area contributed by atoms with Crippen LogP contribution in [0.25, 0.3) is 11.0 Å². The Balaban J connectivity index is 1.71. The van der Waals surface area contributed by atoms with Gasteiger partial charge in [0.05, 0.1) is 17.6 Å². The smallest absolute Gasteiger partial charge is 0.123 e. The van der Waals surface area contributed by atoms with Crippen molar-refractivity contribution in [1.82, 2.24) is 14.9 Å². The molecule has 6 heteroatoms. The first-order valence-corrected chi connectivity index (χ1v) is 8.31. The van der Waals surface area contributed by atoms with E-state index in [1.54, 1.807) is 11.3 Å². The molecular formula is C16H18ClN3OS. The molecule has 0 aliphatic carbocycles. The SMILES string of the molecule is Cn1c(CNCC(C)(O)c2cccs2)nc2cc(Cl)ccc21. The van der Waals surface area contributed by atoms with Crippen LogP contribution in [0, 0.1) is 0 Å². The number of hydrogen-bond donors (Lipinski definition) is 2. The molecule has 0 saturated heterocycles. The van der Waals surface area contributed by atoms with E-state index >= 15 is 0 Å². The molecule has 3 aromatic rings. The summed E-state index contributed by atoms with van der Waals surface area (Å²) in [5, 5.41) is 16.4. The lowest BCUT2D eigenvalue weighted by atomic mass is 10.1. The minimum atomic E-state index is -0.873. The van der Waals surface area contributed by atoms with Crippen molar-refractivity contribution in [3.63, 3.8) is 0 Å². The van der Waals surface area contributed by atoms with Gasteiger partial charge in [-0.2, -0.15) is 0 Å². The molecule has 3 rings (SSSR count). The van der Waals surface area contributed by atoms with Gasteiger partial charge in [0.25, 0.3) is 0 Å². The summed E-state index contributed by atoms with van der Waals surface area (Å²) in [6, 6.07) is 9.59. The number of benzene rings is 1. The summed E-state index contributed by atoms with van der Waals surface area (Å²) in [7, 11) is 1.98. The van der Waals surface area contributed by atoms with E-state index in [1.165, 1.54) is 0 Å². The number of aliphatic hydroxyl groups is 1. The minimum Gasteiger partial charge on any atom is -0.383 e. The van der Waals surface area contributed by atoms with Crippen LogP contribution in [0.15, 0.2) is 35.7 Å². The second-order valence-electron chi connectivity index (χ2n) is 5.57. The highest BCUT2D eigenvalue weighted by Crippen LogP contribution is 2.24. The number of hydrogen-bond acceptors (Lipinski definition) is 4. The maximum atomic E-state index is 10.5. The molecule has 2 heterocycles.